The zero-order valence-electron chi connectivity index (χ0n) is 22.4. The quantitative estimate of drug-likeness (QED) is 0.117. The second-order valence-electron chi connectivity index (χ2n) is 10.1. The highest BCUT2D eigenvalue weighted by atomic mass is 16.1. The van der Waals surface area contributed by atoms with Gasteiger partial charge in [-0.2, -0.15) is 0 Å². The minimum absolute atomic E-state index is 0.125. The van der Waals surface area contributed by atoms with Crippen molar-refractivity contribution < 1.29 is 4.79 Å². The van der Waals surface area contributed by atoms with E-state index in [1.165, 1.54) is 95.5 Å². The second kappa shape index (κ2) is 18.9. The van der Waals surface area contributed by atoms with E-state index in [-0.39, 0.29) is 5.78 Å². The first kappa shape index (κ1) is 28.9. The highest BCUT2D eigenvalue weighted by Gasteiger charge is 2.00. The maximum Gasteiger partial charge on any atom is 0.159 e. The summed E-state index contributed by atoms with van der Waals surface area (Å²) in [6.45, 7) is 4.91. The fraction of sp³-hybridized carbons (Fsp3) is 0.545. The molecule has 1 unspecified atom stereocenters. The highest BCUT2D eigenvalue weighted by Crippen LogP contribution is 2.17. The molecule has 0 saturated heterocycles. The fourth-order valence-electron chi connectivity index (χ4n) is 4.56. The van der Waals surface area contributed by atoms with Crippen molar-refractivity contribution in [2.45, 2.75) is 110 Å². The zero-order chi connectivity index (χ0) is 25.0. The van der Waals surface area contributed by atoms with Crippen LogP contribution in [-0.4, -0.2) is 12.3 Å². The third-order valence-electron chi connectivity index (χ3n) is 6.92. The number of allylic oxidation sites excluding steroid dienone is 2. The minimum Gasteiger partial charge on any atom is -0.385 e. The lowest BCUT2D eigenvalue weighted by Crippen LogP contribution is -2.01. The van der Waals surface area contributed by atoms with Gasteiger partial charge in [0.15, 0.2) is 5.78 Å². The van der Waals surface area contributed by atoms with Crippen molar-refractivity contribution >= 4 is 11.5 Å². The van der Waals surface area contributed by atoms with Gasteiger partial charge in [-0.05, 0) is 61.9 Å². The summed E-state index contributed by atoms with van der Waals surface area (Å²) in [6.07, 6.45) is 23.8. The third-order valence-corrected chi connectivity index (χ3v) is 6.92. The molecule has 2 aromatic rings. The van der Waals surface area contributed by atoms with E-state index < -0.39 is 0 Å². The van der Waals surface area contributed by atoms with Gasteiger partial charge in [0.05, 0.1) is 0 Å². The van der Waals surface area contributed by atoms with Crippen LogP contribution in [0, 0.1) is 0 Å². The van der Waals surface area contributed by atoms with Crippen LogP contribution in [0.3, 0.4) is 0 Å². The van der Waals surface area contributed by atoms with E-state index >= 15 is 0 Å². The van der Waals surface area contributed by atoms with Gasteiger partial charge in [0.1, 0.15) is 0 Å². The van der Waals surface area contributed by atoms with E-state index in [1.54, 1.807) is 6.92 Å². The third kappa shape index (κ3) is 14.0. The number of ketones is 1. The summed E-state index contributed by atoms with van der Waals surface area (Å²) in [5.41, 5.74) is 3.30. The average Bonchev–Trinajstić information content (AvgIpc) is 2.88. The molecule has 0 aliphatic carbocycles. The molecular formula is C33H49NO. The van der Waals surface area contributed by atoms with Crippen molar-refractivity contribution in [1.82, 2.24) is 0 Å². The average molecular weight is 476 g/mol. The van der Waals surface area contributed by atoms with Gasteiger partial charge in [0, 0.05) is 17.8 Å². The normalized spacial score (nSPS) is 12.2. The summed E-state index contributed by atoms with van der Waals surface area (Å²) in [4.78, 5) is 11.3. The molecule has 0 spiro atoms. The Balaban J connectivity index is 1.29. The Morgan fingerprint density at radius 2 is 1.23 bits per heavy atom. The topological polar surface area (TPSA) is 29.1 Å². The van der Waals surface area contributed by atoms with Gasteiger partial charge in [-0.1, -0.05) is 120 Å². The number of benzene rings is 2. The van der Waals surface area contributed by atoms with Crippen molar-refractivity contribution in [1.29, 1.82) is 0 Å². The molecule has 0 aliphatic rings. The summed E-state index contributed by atoms with van der Waals surface area (Å²) in [6, 6.07) is 18.6. The molecule has 0 fully saturated rings. The lowest BCUT2D eigenvalue weighted by molar-refractivity contribution is 0.101. The van der Waals surface area contributed by atoms with Crippen molar-refractivity contribution in [3.63, 3.8) is 0 Å². The number of rotatable bonds is 20. The molecule has 0 saturated carbocycles. The predicted molar refractivity (Wildman–Crippen MR) is 154 cm³/mol. The lowest BCUT2D eigenvalue weighted by atomic mass is 10.00. The van der Waals surface area contributed by atoms with Gasteiger partial charge < -0.3 is 5.32 Å². The van der Waals surface area contributed by atoms with Crippen LogP contribution in [0.2, 0.25) is 0 Å². The number of carbonyl (C=O) groups is 1. The monoisotopic (exact) mass is 475 g/mol. The molecular weight excluding hydrogens is 426 g/mol. The first-order valence-electron chi connectivity index (χ1n) is 14.2. The molecule has 1 atom stereocenters. The van der Waals surface area contributed by atoms with Gasteiger partial charge in [0.25, 0.3) is 0 Å². The molecule has 192 valence electrons. The molecule has 2 heteroatoms. The van der Waals surface area contributed by atoms with E-state index in [0.717, 1.165) is 17.8 Å². The largest absolute Gasteiger partial charge is 0.385 e. The fourth-order valence-corrected chi connectivity index (χ4v) is 4.56. The smallest absolute Gasteiger partial charge is 0.159 e. The molecule has 1 N–H and O–H groups in total. The standard InChI is InChI=1S/C33H49NO/c1-29(31-22-18-16-19-23-31)21-17-14-12-10-8-6-4-3-5-7-9-11-13-15-20-28-34-33-26-24-32(25-27-33)30(2)35/h16-19,21-27,29,34H,3-15,20,28H2,1-2H3/b21-17+. The molecule has 0 aliphatic heterocycles. The Bertz CT molecular complexity index is 809. The van der Waals surface area contributed by atoms with Gasteiger partial charge in [-0.3, -0.25) is 4.79 Å². The summed E-state index contributed by atoms with van der Waals surface area (Å²) >= 11 is 0. The summed E-state index contributed by atoms with van der Waals surface area (Å²) < 4.78 is 0. The number of hydrogen-bond acceptors (Lipinski definition) is 2. The Hall–Kier alpha value is -2.35. The minimum atomic E-state index is 0.125. The molecule has 0 radical (unpaired) electrons. The lowest BCUT2D eigenvalue weighted by Gasteiger charge is -2.07. The molecule has 0 bridgehead atoms. The van der Waals surface area contributed by atoms with Crippen molar-refractivity contribution in [2.24, 2.45) is 0 Å². The first-order chi connectivity index (χ1) is 17.2. The van der Waals surface area contributed by atoms with Gasteiger partial charge in [-0.25, -0.2) is 0 Å². The molecule has 0 heterocycles. The van der Waals surface area contributed by atoms with Crippen molar-refractivity contribution in [3.8, 4) is 0 Å². The number of hydrogen-bond donors (Lipinski definition) is 1. The van der Waals surface area contributed by atoms with Crippen molar-refractivity contribution in [2.75, 3.05) is 11.9 Å². The Morgan fingerprint density at radius 3 is 1.77 bits per heavy atom. The van der Waals surface area contributed by atoms with E-state index in [2.05, 4.69) is 54.7 Å². The molecule has 35 heavy (non-hydrogen) atoms. The van der Waals surface area contributed by atoms with Crippen LogP contribution in [0.15, 0.2) is 66.7 Å². The Labute approximate surface area is 215 Å². The highest BCUT2D eigenvalue weighted by molar-refractivity contribution is 5.94. The summed E-state index contributed by atoms with van der Waals surface area (Å²) in [5.74, 6) is 0.650. The number of anilines is 1. The molecule has 2 nitrogen and oxygen atoms in total. The van der Waals surface area contributed by atoms with E-state index in [1.807, 2.05) is 24.3 Å². The van der Waals surface area contributed by atoms with Crippen LogP contribution in [0.1, 0.15) is 126 Å². The van der Waals surface area contributed by atoms with Crippen LogP contribution in [0.4, 0.5) is 5.69 Å². The number of carbonyl (C=O) groups excluding carboxylic acids is 1. The molecule has 2 aromatic carbocycles. The van der Waals surface area contributed by atoms with E-state index in [4.69, 9.17) is 0 Å². The Morgan fingerprint density at radius 1 is 0.714 bits per heavy atom. The van der Waals surface area contributed by atoms with Crippen molar-refractivity contribution in [3.05, 3.63) is 77.9 Å². The van der Waals surface area contributed by atoms with Crippen LogP contribution in [0.25, 0.3) is 0 Å². The number of nitrogens with one attached hydrogen (secondary N) is 1. The van der Waals surface area contributed by atoms with Crippen LogP contribution >= 0.6 is 0 Å². The van der Waals surface area contributed by atoms with Gasteiger partial charge in [0.2, 0.25) is 0 Å². The molecule has 0 aromatic heterocycles. The SMILES string of the molecule is CC(=O)c1ccc(NCCCCCCCCCCCCCCC/C=C/C(C)c2ccccc2)cc1. The van der Waals surface area contributed by atoms with Crippen LogP contribution in [0.5, 0.6) is 0 Å². The second-order valence-corrected chi connectivity index (χ2v) is 10.1. The molecule has 2 rings (SSSR count). The maximum absolute atomic E-state index is 11.3. The van der Waals surface area contributed by atoms with Crippen LogP contribution < -0.4 is 5.32 Å². The number of Topliss-reactive ketones (excluding diaryl/α,β-unsaturated/α-hetero) is 1. The number of unbranched alkanes of at least 4 members (excludes halogenated alkanes) is 13. The maximum atomic E-state index is 11.3. The van der Waals surface area contributed by atoms with Gasteiger partial charge >= 0.3 is 0 Å². The predicted octanol–water partition coefficient (Wildman–Crippen LogP) is 10.1. The molecule has 0 amide bonds. The summed E-state index contributed by atoms with van der Waals surface area (Å²) in [7, 11) is 0. The summed E-state index contributed by atoms with van der Waals surface area (Å²) in [5, 5.41) is 3.46. The van der Waals surface area contributed by atoms with Crippen LogP contribution in [-0.2, 0) is 0 Å². The van der Waals surface area contributed by atoms with Gasteiger partial charge in [-0.15, -0.1) is 0 Å². The first-order valence-corrected chi connectivity index (χ1v) is 14.2. The van der Waals surface area contributed by atoms with E-state index in [0.29, 0.717) is 5.92 Å². The van der Waals surface area contributed by atoms with E-state index in [9.17, 15) is 4.79 Å². The zero-order valence-corrected chi connectivity index (χ0v) is 22.4. The Kier molecular flexibility index (Phi) is 15.6.